The van der Waals surface area contributed by atoms with Crippen LogP contribution in [0, 0.1) is 34.5 Å². The molecule has 0 aliphatic heterocycles. The van der Waals surface area contributed by atoms with Gasteiger partial charge in [-0.05, 0) is 37.3 Å². The van der Waals surface area contributed by atoms with E-state index in [1.807, 2.05) is 33.8 Å². The number of amides is 1. The van der Waals surface area contributed by atoms with Crippen molar-refractivity contribution in [3.05, 3.63) is 35.9 Å². The first-order chi connectivity index (χ1) is 11.7. The Labute approximate surface area is 148 Å². The quantitative estimate of drug-likeness (QED) is 0.634. The molecule has 1 aromatic rings. The summed E-state index contributed by atoms with van der Waals surface area (Å²) in [5.41, 5.74) is 1.34. The number of carbonyl (C=O) groups is 2. The fourth-order valence-electron chi connectivity index (χ4n) is 3.28. The maximum absolute atomic E-state index is 12.8. The SMILES string of the molecule is COc1ccccc1NC(=O)[C@H](C#N)C(=O)[C@@H]1[C@H](C=C(C)C)C1(C)C. The van der Waals surface area contributed by atoms with Crippen LogP contribution in [0.25, 0.3) is 0 Å². The van der Waals surface area contributed by atoms with Gasteiger partial charge in [-0.15, -0.1) is 0 Å². The highest BCUT2D eigenvalue weighted by Crippen LogP contribution is 2.60. The van der Waals surface area contributed by atoms with E-state index in [1.54, 1.807) is 24.3 Å². The lowest BCUT2D eigenvalue weighted by atomic mass is 9.96. The fraction of sp³-hybridized carbons (Fsp3) is 0.450. The minimum atomic E-state index is -1.33. The van der Waals surface area contributed by atoms with Gasteiger partial charge in [0.05, 0.1) is 18.9 Å². The van der Waals surface area contributed by atoms with Gasteiger partial charge < -0.3 is 10.1 Å². The molecule has 0 heterocycles. The predicted molar refractivity (Wildman–Crippen MR) is 95.9 cm³/mol. The number of rotatable bonds is 6. The highest BCUT2D eigenvalue weighted by Gasteiger charge is 2.61. The molecule has 1 aromatic carbocycles. The van der Waals surface area contributed by atoms with Crippen LogP contribution < -0.4 is 10.1 Å². The minimum Gasteiger partial charge on any atom is -0.495 e. The number of nitrogens with one attached hydrogen (secondary N) is 1. The number of nitriles is 1. The van der Waals surface area contributed by atoms with E-state index in [9.17, 15) is 14.9 Å². The molecule has 1 N–H and O–H groups in total. The largest absolute Gasteiger partial charge is 0.495 e. The van der Waals surface area contributed by atoms with E-state index in [1.165, 1.54) is 7.11 Å². The Bertz CT molecular complexity index is 754. The van der Waals surface area contributed by atoms with Crippen molar-refractivity contribution in [2.75, 3.05) is 12.4 Å². The Balaban J connectivity index is 2.17. The van der Waals surface area contributed by atoms with E-state index < -0.39 is 11.8 Å². The molecule has 0 unspecified atom stereocenters. The molecule has 25 heavy (non-hydrogen) atoms. The summed E-state index contributed by atoms with van der Waals surface area (Å²) in [5.74, 6) is -2.02. The van der Waals surface area contributed by atoms with Crippen molar-refractivity contribution in [1.29, 1.82) is 5.26 Å². The van der Waals surface area contributed by atoms with Gasteiger partial charge in [0.1, 0.15) is 5.75 Å². The summed E-state index contributed by atoms with van der Waals surface area (Å²) in [4.78, 5) is 25.3. The zero-order chi connectivity index (χ0) is 18.8. The Morgan fingerprint density at radius 3 is 2.52 bits per heavy atom. The number of hydrogen-bond acceptors (Lipinski definition) is 4. The van der Waals surface area contributed by atoms with E-state index in [0.29, 0.717) is 11.4 Å². The number of anilines is 1. The van der Waals surface area contributed by atoms with Crippen LogP contribution in [-0.4, -0.2) is 18.8 Å². The molecular weight excluding hydrogens is 316 g/mol. The number of benzene rings is 1. The molecule has 3 atom stereocenters. The lowest BCUT2D eigenvalue weighted by Crippen LogP contribution is -2.30. The van der Waals surface area contributed by atoms with Crippen LogP contribution in [0.3, 0.4) is 0 Å². The predicted octanol–water partition coefficient (Wildman–Crippen LogP) is 3.58. The Morgan fingerprint density at radius 2 is 1.96 bits per heavy atom. The van der Waals surface area contributed by atoms with Gasteiger partial charge in [-0.3, -0.25) is 9.59 Å². The number of para-hydroxylation sites is 2. The highest BCUT2D eigenvalue weighted by molar-refractivity contribution is 6.11. The first kappa shape index (κ1) is 18.7. The second-order valence-electron chi connectivity index (χ2n) is 7.22. The van der Waals surface area contributed by atoms with Crippen molar-refractivity contribution in [3.8, 4) is 11.8 Å². The molecule has 0 radical (unpaired) electrons. The molecular formula is C20H24N2O3. The summed E-state index contributed by atoms with van der Waals surface area (Å²) in [6.45, 7) is 7.94. The van der Waals surface area contributed by atoms with Crippen LogP contribution >= 0.6 is 0 Å². The Morgan fingerprint density at radius 1 is 1.32 bits per heavy atom. The first-order valence-corrected chi connectivity index (χ1v) is 8.26. The van der Waals surface area contributed by atoms with Crippen LogP contribution in [0.1, 0.15) is 27.7 Å². The topological polar surface area (TPSA) is 79.2 Å². The lowest BCUT2D eigenvalue weighted by molar-refractivity contribution is -0.130. The van der Waals surface area contributed by atoms with Gasteiger partial charge in [0.25, 0.3) is 0 Å². The molecule has 5 nitrogen and oxygen atoms in total. The van der Waals surface area contributed by atoms with Crippen molar-refractivity contribution < 1.29 is 14.3 Å². The van der Waals surface area contributed by atoms with Crippen LogP contribution in [0.4, 0.5) is 5.69 Å². The third-order valence-corrected chi connectivity index (χ3v) is 4.77. The molecule has 0 bridgehead atoms. The summed E-state index contributed by atoms with van der Waals surface area (Å²) in [6, 6.07) is 8.76. The maximum Gasteiger partial charge on any atom is 0.249 e. The summed E-state index contributed by atoms with van der Waals surface area (Å²) in [5, 5.41) is 12.0. The van der Waals surface area contributed by atoms with E-state index in [4.69, 9.17) is 4.74 Å². The van der Waals surface area contributed by atoms with Gasteiger partial charge >= 0.3 is 0 Å². The Kier molecular flexibility index (Phi) is 5.32. The standard InChI is InChI=1S/C20H24N2O3/c1-12(2)10-14-17(20(14,3)4)18(23)13(11-21)19(24)22-15-8-6-7-9-16(15)25-5/h6-10,13-14,17H,1-5H3,(H,22,24)/t13-,14+,17+/m1/s1. The molecule has 5 heteroatoms. The molecule has 2 rings (SSSR count). The number of allylic oxidation sites excluding steroid dienone is 2. The number of Topliss-reactive ketones (excluding diaryl/α,β-unsaturated/α-hetero) is 1. The Hall–Kier alpha value is -2.61. The van der Waals surface area contributed by atoms with Gasteiger partial charge in [-0.25, -0.2) is 0 Å². The summed E-state index contributed by atoms with van der Waals surface area (Å²) in [7, 11) is 1.49. The first-order valence-electron chi connectivity index (χ1n) is 8.26. The normalized spacial score (nSPS) is 21.4. The van der Waals surface area contributed by atoms with Crippen LogP contribution in [0.15, 0.2) is 35.9 Å². The lowest BCUT2D eigenvalue weighted by Gasteiger charge is -2.12. The number of nitrogens with zero attached hydrogens (tertiary/aromatic N) is 1. The molecule has 0 spiro atoms. The summed E-state index contributed by atoms with van der Waals surface area (Å²) in [6.07, 6.45) is 2.05. The second-order valence-corrected chi connectivity index (χ2v) is 7.22. The molecule has 1 amide bonds. The smallest absolute Gasteiger partial charge is 0.249 e. The molecule has 1 aliphatic rings. The summed E-state index contributed by atoms with van der Waals surface area (Å²) < 4.78 is 5.18. The van der Waals surface area contributed by atoms with Crippen LogP contribution in [-0.2, 0) is 9.59 Å². The second kappa shape index (κ2) is 7.10. The van der Waals surface area contributed by atoms with E-state index in [0.717, 1.165) is 5.57 Å². The highest BCUT2D eigenvalue weighted by atomic mass is 16.5. The van der Waals surface area contributed by atoms with Crippen molar-refractivity contribution in [1.82, 2.24) is 0 Å². The van der Waals surface area contributed by atoms with Crippen LogP contribution in [0.2, 0.25) is 0 Å². The molecule has 1 fully saturated rings. The van der Waals surface area contributed by atoms with Crippen molar-refractivity contribution in [2.24, 2.45) is 23.2 Å². The third-order valence-electron chi connectivity index (χ3n) is 4.77. The van der Waals surface area contributed by atoms with Gasteiger partial charge in [-0.1, -0.05) is 37.6 Å². The van der Waals surface area contributed by atoms with Gasteiger partial charge in [0.2, 0.25) is 5.91 Å². The van der Waals surface area contributed by atoms with E-state index in [2.05, 4.69) is 11.4 Å². The minimum absolute atomic E-state index is 0.0694. The number of carbonyl (C=O) groups excluding carboxylic acids is 2. The van der Waals surface area contributed by atoms with Gasteiger partial charge in [0.15, 0.2) is 11.7 Å². The molecule has 1 aliphatic carbocycles. The molecule has 132 valence electrons. The average molecular weight is 340 g/mol. The van der Waals surface area contributed by atoms with Crippen molar-refractivity contribution in [2.45, 2.75) is 27.7 Å². The van der Waals surface area contributed by atoms with Gasteiger partial charge in [-0.2, -0.15) is 5.26 Å². The summed E-state index contributed by atoms with van der Waals surface area (Å²) >= 11 is 0. The van der Waals surface area contributed by atoms with Crippen molar-refractivity contribution in [3.63, 3.8) is 0 Å². The third kappa shape index (κ3) is 3.74. The fourth-order valence-corrected chi connectivity index (χ4v) is 3.28. The number of methoxy groups -OCH3 is 1. The average Bonchev–Trinajstić information content (AvgIpc) is 3.08. The monoisotopic (exact) mass is 340 g/mol. The van der Waals surface area contributed by atoms with Crippen molar-refractivity contribution >= 4 is 17.4 Å². The molecule has 1 saturated carbocycles. The molecule has 0 aromatic heterocycles. The zero-order valence-electron chi connectivity index (χ0n) is 15.3. The number of ether oxygens (including phenoxy) is 1. The number of hydrogen-bond donors (Lipinski definition) is 1. The van der Waals surface area contributed by atoms with Gasteiger partial charge in [0, 0.05) is 5.92 Å². The van der Waals surface area contributed by atoms with E-state index in [-0.39, 0.29) is 23.0 Å². The zero-order valence-corrected chi connectivity index (χ0v) is 15.3. The van der Waals surface area contributed by atoms with E-state index >= 15 is 0 Å². The maximum atomic E-state index is 12.8. The number of ketones is 1. The molecule has 0 saturated heterocycles. The van der Waals surface area contributed by atoms with Crippen LogP contribution in [0.5, 0.6) is 5.75 Å².